The molecule has 0 aromatic heterocycles. The molecule has 0 aliphatic carbocycles. The third-order valence-electron chi connectivity index (χ3n) is 2.54. The zero-order valence-corrected chi connectivity index (χ0v) is 10.3. The van der Waals surface area contributed by atoms with Crippen molar-refractivity contribution in [2.75, 3.05) is 19.6 Å². The van der Waals surface area contributed by atoms with Crippen LogP contribution in [0, 0.1) is 5.92 Å². The van der Waals surface area contributed by atoms with Crippen LogP contribution < -0.4 is 10.6 Å². The van der Waals surface area contributed by atoms with Gasteiger partial charge in [-0.1, -0.05) is 23.7 Å². The molecule has 0 spiro atoms. The Morgan fingerprint density at radius 2 is 2.12 bits per heavy atom. The average Bonchev–Trinajstić information content (AvgIpc) is 2.16. The molecule has 1 aliphatic rings. The monoisotopic (exact) mass is 260 g/mol. The summed E-state index contributed by atoms with van der Waals surface area (Å²) in [6.07, 6.45) is 0. The van der Waals surface area contributed by atoms with E-state index < -0.39 is 0 Å². The van der Waals surface area contributed by atoms with Crippen LogP contribution in [0.3, 0.4) is 0 Å². The largest absolute Gasteiger partial charge is 0.352 e. The minimum atomic E-state index is -0.0903. The highest BCUT2D eigenvalue weighted by Crippen LogP contribution is 2.14. The van der Waals surface area contributed by atoms with Gasteiger partial charge >= 0.3 is 0 Å². The molecule has 1 saturated heterocycles. The standard InChI is InChI=1S/C11H13ClN2O.ClH/c12-10-4-2-1-3-9(10)11(15)14-7-8-5-13-6-8;/h1-4,8,13H,5-7H2,(H,14,15);1H. The van der Waals surface area contributed by atoms with Crippen LogP contribution in [0.1, 0.15) is 10.4 Å². The number of carbonyl (C=O) groups is 1. The number of halogens is 2. The second kappa shape index (κ2) is 6.09. The maximum Gasteiger partial charge on any atom is 0.252 e. The minimum absolute atomic E-state index is 0. The van der Waals surface area contributed by atoms with E-state index in [1.165, 1.54) is 0 Å². The number of rotatable bonds is 3. The average molecular weight is 261 g/mol. The zero-order chi connectivity index (χ0) is 10.7. The van der Waals surface area contributed by atoms with Gasteiger partial charge < -0.3 is 10.6 Å². The number of hydrogen-bond donors (Lipinski definition) is 2. The molecule has 1 heterocycles. The predicted molar refractivity (Wildman–Crippen MR) is 67.4 cm³/mol. The SMILES string of the molecule is Cl.O=C(NCC1CNC1)c1ccccc1Cl. The molecular formula is C11H14Cl2N2O. The van der Waals surface area contributed by atoms with E-state index in [1.54, 1.807) is 12.1 Å². The van der Waals surface area contributed by atoms with Gasteiger partial charge in [-0.3, -0.25) is 4.79 Å². The second-order valence-electron chi connectivity index (χ2n) is 3.71. The Morgan fingerprint density at radius 1 is 1.44 bits per heavy atom. The van der Waals surface area contributed by atoms with Crippen molar-refractivity contribution in [3.63, 3.8) is 0 Å². The number of nitrogens with one attached hydrogen (secondary N) is 2. The lowest BCUT2D eigenvalue weighted by Crippen LogP contribution is -2.48. The fourth-order valence-electron chi connectivity index (χ4n) is 1.47. The molecule has 1 amide bonds. The fourth-order valence-corrected chi connectivity index (χ4v) is 1.69. The Morgan fingerprint density at radius 3 is 2.69 bits per heavy atom. The summed E-state index contributed by atoms with van der Waals surface area (Å²) >= 11 is 5.91. The van der Waals surface area contributed by atoms with Crippen molar-refractivity contribution in [2.45, 2.75) is 0 Å². The Hall–Kier alpha value is -0.770. The molecule has 0 unspecified atom stereocenters. The molecule has 88 valence electrons. The van der Waals surface area contributed by atoms with E-state index in [2.05, 4.69) is 10.6 Å². The van der Waals surface area contributed by atoms with Gasteiger partial charge in [-0.05, 0) is 12.1 Å². The summed E-state index contributed by atoms with van der Waals surface area (Å²) in [5, 5.41) is 6.54. The summed E-state index contributed by atoms with van der Waals surface area (Å²) in [5.41, 5.74) is 0.548. The first-order valence-corrected chi connectivity index (χ1v) is 5.38. The zero-order valence-electron chi connectivity index (χ0n) is 8.70. The molecule has 1 aromatic rings. The molecule has 2 rings (SSSR count). The van der Waals surface area contributed by atoms with Gasteiger partial charge in [0.05, 0.1) is 10.6 Å². The van der Waals surface area contributed by atoms with Crippen molar-refractivity contribution < 1.29 is 4.79 Å². The number of carbonyl (C=O) groups excluding carboxylic acids is 1. The molecule has 5 heteroatoms. The van der Waals surface area contributed by atoms with E-state index in [-0.39, 0.29) is 18.3 Å². The first-order chi connectivity index (χ1) is 7.27. The van der Waals surface area contributed by atoms with Crippen LogP contribution in [0.5, 0.6) is 0 Å². The number of amides is 1. The Balaban J connectivity index is 0.00000128. The Labute approximate surface area is 106 Å². The van der Waals surface area contributed by atoms with Crippen molar-refractivity contribution in [3.05, 3.63) is 34.9 Å². The molecule has 16 heavy (non-hydrogen) atoms. The quantitative estimate of drug-likeness (QED) is 0.869. The molecule has 1 aromatic carbocycles. The topological polar surface area (TPSA) is 41.1 Å². The van der Waals surface area contributed by atoms with Crippen molar-refractivity contribution >= 4 is 29.9 Å². The fraction of sp³-hybridized carbons (Fsp3) is 0.364. The summed E-state index contributed by atoms with van der Waals surface area (Å²) in [4.78, 5) is 11.7. The summed E-state index contributed by atoms with van der Waals surface area (Å²) in [7, 11) is 0. The second-order valence-corrected chi connectivity index (χ2v) is 4.12. The van der Waals surface area contributed by atoms with Crippen molar-refractivity contribution in [1.29, 1.82) is 0 Å². The molecule has 0 bridgehead atoms. The van der Waals surface area contributed by atoms with Gasteiger partial charge in [0.2, 0.25) is 0 Å². The molecule has 0 atom stereocenters. The molecule has 1 fully saturated rings. The predicted octanol–water partition coefficient (Wildman–Crippen LogP) is 1.71. The maximum atomic E-state index is 11.7. The van der Waals surface area contributed by atoms with Gasteiger partial charge in [-0.2, -0.15) is 0 Å². The van der Waals surface area contributed by atoms with Crippen LogP contribution in [-0.4, -0.2) is 25.5 Å². The lowest BCUT2D eigenvalue weighted by Gasteiger charge is -2.27. The van der Waals surface area contributed by atoms with Crippen LogP contribution in [0.2, 0.25) is 5.02 Å². The van der Waals surface area contributed by atoms with Crippen molar-refractivity contribution in [1.82, 2.24) is 10.6 Å². The first-order valence-electron chi connectivity index (χ1n) is 5.01. The highest BCUT2D eigenvalue weighted by Gasteiger charge is 2.18. The van der Waals surface area contributed by atoms with E-state index >= 15 is 0 Å². The highest BCUT2D eigenvalue weighted by atomic mass is 35.5. The van der Waals surface area contributed by atoms with Gasteiger partial charge in [0.25, 0.3) is 5.91 Å². The van der Waals surface area contributed by atoms with Crippen molar-refractivity contribution in [2.24, 2.45) is 5.92 Å². The molecule has 0 saturated carbocycles. The molecule has 1 aliphatic heterocycles. The lowest BCUT2D eigenvalue weighted by atomic mass is 10.0. The van der Waals surface area contributed by atoms with Crippen LogP contribution in [0.25, 0.3) is 0 Å². The minimum Gasteiger partial charge on any atom is -0.352 e. The number of hydrogen-bond acceptors (Lipinski definition) is 2. The Bertz CT molecular complexity index is 367. The Kier molecular flexibility index (Phi) is 5.06. The third kappa shape index (κ3) is 3.11. The number of benzene rings is 1. The van der Waals surface area contributed by atoms with Gasteiger partial charge in [0, 0.05) is 25.6 Å². The first kappa shape index (κ1) is 13.3. The summed E-state index contributed by atoms with van der Waals surface area (Å²) in [5.74, 6) is 0.476. The molecule has 0 radical (unpaired) electrons. The van der Waals surface area contributed by atoms with Gasteiger partial charge in [0.15, 0.2) is 0 Å². The van der Waals surface area contributed by atoms with E-state index in [9.17, 15) is 4.79 Å². The highest BCUT2D eigenvalue weighted by molar-refractivity contribution is 6.33. The van der Waals surface area contributed by atoms with E-state index in [4.69, 9.17) is 11.6 Å². The molecule has 3 nitrogen and oxygen atoms in total. The summed E-state index contributed by atoms with van der Waals surface area (Å²) in [6, 6.07) is 7.08. The lowest BCUT2D eigenvalue weighted by molar-refractivity contribution is 0.0942. The van der Waals surface area contributed by atoms with Crippen LogP contribution >= 0.6 is 24.0 Å². The van der Waals surface area contributed by atoms with Crippen molar-refractivity contribution in [3.8, 4) is 0 Å². The molecule has 2 N–H and O–H groups in total. The van der Waals surface area contributed by atoms with E-state index in [0.717, 1.165) is 19.6 Å². The van der Waals surface area contributed by atoms with Gasteiger partial charge in [-0.25, -0.2) is 0 Å². The van der Waals surface area contributed by atoms with E-state index in [0.29, 0.717) is 16.5 Å². The molecular weight excluding hydrogens is 247 g/mol. The van der Waals surface area contributed by atoms with Gasteiger partial charge in [-0.15, -0.1) is 12.4 Å². The normalized spacial score (nSPS) is 14.8. The van der Waals surface area contributed by atoms with Crippen LogP contribution in [0.4, 0.5) is 0 Å². The maximum absolute atomic E-state index is 11.7. The van der Waals surface area contributed by atoms with Crippen LogP contribution in [-0.2, 0) is 0 Å². The van der Waals surface area contributed by atoms with Crippen LogP contribution in [0.15, 0.2) is 24.3 Å². The third-order valence-corrected chi connectivity index (χ3v) is 2.87. The van der Waals surface area contributed by atoms with E-state index in [1.807, 2.05) is 12.1 Å². The smallest absolute Gasteiger partial charge is 0.252 e. The summed E-state index contributed by atoms with van der Waals surface area (Å²) < 4.78 is 0. The van der Waals surface area contributed by atoms with Gasteiger partial charge in [0.1, 0.15) is 0 Å². The summed E-state index contributed by atoms with van der Waals surface area (Å²) in [6.45, 7) is 2.70.